The van der Waals surface area contributed by atoms with Gasteiger partial charge in [0.25, 0.3) is 17.7 Å². The molecule has 5 heterocycles. The number of hydrogen-bond acceptors (Lipinski definition) is 11. The zero-order valence-corrected chi connectivity index (χ0v) is 33.4. The van der Waals surface area contributed by atoms with Crippen molar-refractivity contribution >= 4 is 52.9 Å². The molecule has 5 aliphatic rings. The summed E-state index contributed by atoms with van der Waals surface area (Å²) in [5, 5.41) is 14.9. The number of rotatable bonds is 8. The molecule has 0 spiro atoms. The number of imide groups is 2. The summed E-state index contributed by atoms with van der Waals surface area (Å²) in [5.41, 5.74) is 2.17. The highest BCUT2D eigenvalue weighted by Crippen LogP contribution is 2.55. The lowest BCUT2D eigenvalue weighted by atomic mass is 9.49. The molecule has 2 N–H and O–H groups in total. The Hall–Kier alpha value is -5.85. The number of fused-ring (bicyclic) bond motifs is 2. The third-order valence-electron chi connectivity index (χ3n) is 12.3. The number of piperidine rings is 1. The number of carbonyl (C=O) groups is 6. The predicted molar refractivity (Wildman–Crippen MR) is 210 cm³/mol. The Morgan fingerprint density at radius 1 is 0.948 bits per heavy atom. The van der Waals surface area contributed by atoms with E-state index in [2.05, 4.69) is 26.6 Å². The minimum absolute atomic E-state index is 0.0219. The summed E-state index contributed by atoms with van der Waals surface area (Å²) in [6.45, 7) is 11.4. The molecule has 0 bridgehead atoms. The van der Waals surface area contributed by atoms with Gasteiger partial charge in [-0.05, 0) is 53.9 Å². The average Bonchev–Trinajstić information content (AvgIpc) is 3.70. The van der Waals surface area contributed by atoms with E-state index in [1.165, 1.54) is 0 Å². The number of nitrogens with zero attached hydrogens (tertiary/aromatic N) is 6. The lowest BCUT2D eigenvalue weighted by Crippen LogP contribution is -2.74. The Morgan fingerprint density at radius 2 is 1.60 bits per heavy atom. The molecule has 1 unspecified atom stereocenters. The summed E-state index contributed by atoms with van der Waals surface area (Å²) in [4.78, 5) is 88.9. The van der Waals surface area contributed by atoms with Crippen molar-refractivity contribution in [1.29, 1.82) is 5.26 Å². The summed E-state index contributed by atoms with van der Waals surface area (Å²) in [6, 6.07) is 12.8. The van der Waals surface area contributed by atoms with Crippen LogP contribution in [0.4, 0.5) is 5.82 Å². The van der Waals surface area contributed by atoms with Gasteiger partial charge < -0.3 is 19.9 Å². The number of hydrogen-bond donors (Lipinski definition) is 2. The molecular formula is C42H43ClN8O7. The monoisotopic (exact) mass is 806 g/mol. The minimum atomic E-state index is -1.02. The summed E-state index contributed by atoms with van der Waals surface area (Å²) in [6.07, 6.45) is 1.50. The molecule has 0 radical (unpaired) electrons. The van der Waals surface area contributed by atoms with E-state index in [0.29, 0.717) is 67.0 Å². The largest absolute Gasteiger partial charge is 0.489 e. The maximum atomic E-state index is 13.4. The number of anilines is 1. The Bertz CT molecular complexity index is 2250. The SMILES string of the molecule is CC1(C)[C@H](NC(=O)c2ccc(N3CCN(C(=O)CN4Cc5cc6c(cc5C4)C(=O)N(C4CCC(=O)NC4=O)C6=O)CC3)nc2)C(C)(C)[C@H]1Oc1ccc(C#N)c(Cl)c1. The molecule has 15 nitrogen and oxygen atoms in total. The number of piperazine rings is 1. The average molecular weight is 807 g/mol. The van der Waals surface area contributed by atoms with Crippen molar-refractivity contribution in [2.24, 2.45) is 10.8 Å². The van der Waals surface area contributed by atoms with Gasteiger partial charge in [-0.1, -0.05) is 39.3 Å². The number of ether oxygens (including phenoxy) is 1. The molecule has 3 aromatic rings. The van der Waals surface area contributed by atoms with Crippen LogP contribution >= 0.6 is 11.6 Å². The Morgan fingerprint density at radius 3 is 2.17 bits per heavy atom. The number of benzene rings is 2. The van der Waals surface area contributed by atoms with Crippen LogP contribution in [0.1, 0.15) is 88.3 Å². The standard InChI is InChI=1S/C42H43ClN8O7/c1-41(2)39(42(3,4)40(41)58-27-7-5-23(18-44)30(43)17-27)47-35(54)24-6-9-32(45-19-24)49-11-13-50(14-12-49)34(53)22-48-20-25-15-28-29(16-26(25)21-48)38(57)51(37(28)56)31-8-10-33(52)46-36(31)55/h5-7,9,15-17,19,31,39-40H,8,10-14,20-22H2,1-4H3,(H,47,54)(H,46,52,55)/t31?,39-,40-. The number of halogens is 1. The molecule has 58 heavy (non-hydrogen) atoms. The molecule has 1 aromatic heterocycles. The van der Waals surface area contributed by atoms with Crippen molar-refractivity contribution < 1.29 is 33.5 Å². The van der Waals surface area contributed by atoms with Crippen molar-refractivity contribution in [3.05, 3.63) is 87.1 Å². The fourth-order valence-corrected chi connectivity index (χ4v) is 9.76. The van der Waals surface area contributed by atoms with Crippen LogP contribution in [0.5, 0.6) is 5.75 Å². The number of carbonyl (C=O) groups excluding carboxylic acids is 6. The molecule has 2 saturated heterocycles. The summed E-state index contributed by atoms with van der Waals surface area (Å²) < 4.78 is 6.35. The first-order valence-corrected chi connectivity index (χ1v) is 19.7. The topological polar surface area (TPSA) is 185 Å². The maximum Gasteiger partial charge on any atom is 0.262 e. The van der Waals surface area contributed by atoms with Gasteiger partial charge >= 0.3 is 0 Å². The highest BCUT2D eigenvalue weighted by Gasteiger charge is 2.64. The molecule has 1 atom stereocenters. The second-order valence-corrected chi connectivity index (χ2v) is 17.2. The molecule has 300 valence electrons. The third kappa shape index (κ3) is 6.73. The molecule has 1 saturated carbocycles. The van der Waals surface area contributed by atoms with Crippen LogP contribution in [0.2, 0.25) is 5.02 Å². The molecule has 6 amide bonds. The molecule has 8 rings (SSSR count). The van der Waals surface area contributed by atoms with Crippen molar-refractivity contribution in [3.63, 3.8) is 0 Å². The quantitative estimate of drug-likeness (QED) is 0.319. The Labute approximate surface area is 340 Å². The van der Waals surface area contributed by atoms with E-state index < -0.39 is 40.5 Å². The molecule has 2 aromatic carbocycles. The number of nitrogens with one attached hydrogen (secondary N) is 2. The van der Waals surface area contributed by atoms with Crippen LogP contribution < -0.4 is 20.3 Å². The number of aromatic nitrogens is 1. The second-order valence-electron chi connectivity index (χ2n) is 16.8. The van der Waals surface area contributed by atoms with Crippen LogP contribution in [0.15, 0.2) is 48.7 Å². The summed E-state index contributed by atoms with van der Waals surface area (Å²) in [5.74, 6) is -1.15. The lowest BCUT2D eigenvalue weighted by Gasteiger charge is -2.63. The predicted octanol–water partition coefficient (Wildman–Crippen LogP) is 3.28. The van der Waals surface area contributed by atoms with Crippen molar-refractivity contribution in [2.45, 2.75) is 71.8 Å². The zero-order chi connectivity index (χ0) is 41.3. The van der Waals surface area contributed by atoms with E-state index in [4.69, 9.17) is 16.3 Å². The van der Waals surface area contributed by atoms with Crippen LogP contribution in [-0.4, -0.2) is 106 Å². The smallest absolute Gasteiger partial charge is 0.262 e. The maximum absolute atomic E-state index is 13.4. The van der Waals surface area contributed by atoms with Gasteiger partial charge in [-0.25, -0.2) is 4.98 Å². The summed E-state index contributed by atoms with van der Waals surface area (Å²) in [7, 11) is 0. The normalized spacial score (nSPS) is 23.4. The highest BCUT2D eigenvalue weighted by molar-refractivity contribution is 6.31. The van der Waals surface area contributed by atoms with Gasteiger partial charge in [-0.15, -0.1) is 0 Å². The molecular weight excluding hydrogens is 764 g/mol. The second kappa shape index (κ2) is 14.5. The number of pyridine rings is 1. The van der Waals surface area contributed by atoms with Gasteiger partial charge in [0.2, 0.25) is 17.7 Å². The Kier molecular flexibility index (Phi) is 9.76. The van der Waals surface area contributed by atoms with Crippen LogP contribution in [0, 0.1) is 22.2 Å². The van der Waals surface area contributed by atoms with Gasteiger partial charge in [0.05, 0.1) is 33.8 Å². The van der Waals surface area contributed by atoms with Gasteiger partial charge in [0.15, 0.2) is 0 Å². The first-order valence-electron chi connectivity index (χ1n) is 19.3. The van der Waals surface area contributed by atoms with E-state index in [0.717, 1.165) is 16.0 Å². The van der Waals surface area contributed by atoms with Crippen LogP contribution in [0.3, 0.4) is 0 Å². The first kappa shape index (κ1) is 39.0. The van der Waals surface area contributed by atoms with Gasteiger partial charge in [-0.3, -0.25) is 43.9 Å². The van der Waals surface area contributed by atoms with Crippen molar-refractivity contribution in [1.82, 2.24) is 30.3 Å². The van der Waals surface area contributed by atoms with Crippen molar-refractivity contribution in [3.8, 4) is 11.8 Å². The molecule has 1 aliphatic carbocycles. The Balaban J connectivity index is 0.816. The first-order chi connectivity index (χ1) is 27.6. The number of amides is 6. The van der Waals surface area contributed by atoms with Gasteiger partial charge in [0.1, 0.15) is 29.8 Å². The fourth-order valence-electron chi connectivity index (χ4n) is 9.54. The van der Waals surface area contributed by atoms with Gasteiger partial charge in [0, 0.05) is 74.8 Å². The molecule has 3 fully saturated rings. The van der Waals surface area contributed by atoms with E-state index in [9.17, 15) is 34.0 Å². The lowest BCUT2D eigenvalue weighted by molar-refractivity contribution is -0.164. The minimum Gasteiger partial charge on any atom is -0.489 e. The van der Waals surface area contributed by atoms with Gasteiger partial charge in [-0.2, -0.15) is 5.26 Å². The molecule has 16 heteroatoms. The third-order valence-corrected chi connectivity index (χ3v) is 12.6. The van der Waals surface area contributed by atoms with E-state index >= 15 is 0 Å². The van der Waals surface area contributed by atoms with E-state index in [-0.39, 0.29) is 54.5 Å². The fraction of sp³-hybridized carbons (Fsp3) is 0.429. The van der Waals surface area contributed by atoms with E-state index in [1.54, 1.807) is 42.6 Å². The van der Waals surface area contributed by atoms with E-state index in [1.807, 2.05) is 43.6 Å². The highest BCUT2D eigenvalue weighted by atomic mass is 35.5. The zero-order valence-electron chi connectivity index (χ0n) is 32.6. The summed E-state index contributed by atoms with van der Waals surface area (Å²) >= 11 is 6.23. The van der Waals surface area contributed by atoms with Crippen LogP contribution in [-0.2, 0) is 27.5 Å². The van der Waals surface area contributed by atoms with Crippen molar-refractivity contribution in [2.75, 3.05) is 37.6 Å². The molecule has 4 aliphatic heterocycles. The number of nitriles is 1. The van der Waals surface area contributed by atoms with Crippen LogP contribution in [0.25, 0.3) is 0 Å².